The zero-order valence-corrected chi connectivity index (χ0v) is 15.6. The molecule has 1 heterocycles. The summed E-state index contributed by atoms with van der Waals surface area (Å²) in [4.78, 5) is 14.4. The third kappa shape index (κ3) is 4.29. The van der Waals surface area contributed by atoms with E-state index in [0.717, 1.165) is 31.4 Å². The van der Waals surface area contributed by atoms with Crippen LogP contribution in [0.15, 0.2) is 23.1 Å². The van der Waals surface area contributed by atoms with Crippen LogP contribution in [0.3, 0.4) is 0 Å². The van der Waals surface area contributed by atoms with Gasteiger partial charge >= 0.3 is 0 Å². The first-order chi connectivity index (χ1) is 11.0. The van der Waals surface area contributed by atoms with Gasteiger partial charge in [0.25, 0.3) is 0 Å². The average Bonchev–Trinajstić information content (AvgIpc) is 3.00. The van der Waals surface area contributed by atoms with Crippen molar-refractivity contribution < 1.29 is 13.2 Å². The summed E-state index contributed by atoms with van der Waals surface area (Å²) in [6.45, 7) is 4.10. The third-order valence-electron chi connectivity index (χ3n) is 4.74. The summed E-state index contributed by atoms with van der Waals surface area (Å²) in [7, 11) is -3.39. The number of amides is 1. The quantitative estimate of drug-likeness (QED) is 0.871. The second kappa shape index (κ2) is 7.85. The Bertz CT molecular complexity index is 706. The summed E-state index contributed by atoms with van der Waals surface area (Å²) in [5.74, 6) is -0.175. The predicted octanol–water partition coefficient (Wildman–Crippen LogP) is 1.58. The zero-order valence-electron chi connectivity index (χ0n) is 14.0. The van der Waals surface area contributed by atoms with E-state index < -0.39 is 9.84 Å². The molecule has 1 atom stereocenters. The number of nitrogens with one attached hydrogen (secondary N) is 1. The number of carbonyl (C=O) groups excluding carboxylic acids is 1. The second-order valence-electron chi connectivity index (χ2n) is 6.55. The van der Waals surface area contributed by atoms with Crippen molar-refractivity contribution in [3.8, 4) is 0 Å². The second-order valence-corrected chi connectivity index (χ2v) is 8.66. The molecule has 1 N–H and O–H groups in total. The van der Waals surface area contributed by atoms with E-state index in [9.17, 15) is 13.2 Å². The molecule has 0 radical (unpaired) electrons. The van der Waals surface area contributed by atoms with Gasteiger partial charge in [0.1, 0.15) is 0 Å². The third-order valence-corrected chi connectivity index (χ3v) is 6.45. The summed E-state index contributed by atoms with van der Waals surface area (Å²) in [6, 6.07) is 5.68. The largest absolute Gasteiger partial charge is 0.340 e. The first kappa shape index (κ1) is 19.2. The van der Waals surface area contributed by atoms with Crippen LogP contribution >= 0.6 is 12.4 Å². The highest BCUT2D eigenvalue weighted by Gasteiger charge is 2.24. The molecule has 0 spiro atoms. The maximum Gasteiger partial charge on any atom is 0.223 e. The Labute approximate surface area is 150 Å². The van der Waals surface area contributed by atoms with E-state index in [1.807, 2.05) is 13.0 Å². The van der Waals surface area contributed by atoms with Crippen LogP contribution in [0.5, 0.6) is 0 Å². The van der Waals surface area contributed by atoms with Crippen LogP contribution in [0.25, 0.3) is 0 Å². The van der Waals surface area contributed by atoms with Crippen molar-refractivity contribution in [1.82, 2.24) is 10.2 Å². The van der Waals surface area contributed by atoms with Gasteiger partial charge in [0, 0.05) is 32.1 Å². The van der Waals surface area contributed by atoms with Crippen molar-refractivity contribution in [3.63, 3.8) is 0 Å². The first-order valence-electron chi connectivity index (χ1n) is 8.31. The van der Waals surface area contributed by atoms with Gasteiger partial charge in [-0.05, 0) is 49.4 Å². The van der Waals surface area contributed by atoms with E-state index in [2.05, 4.69) is 5.32 Å². The van der Waals surface area contributed by atoms with Crippen LogP contribution in [0.2, 0.25) is 0 Å². The number of benzene rings is 1. The fourth-order valence-corrected chi connectivity index (χ4v) is 4.67. The lowest BCUT2D eigenvalue weighted by Crippen LogP contribution is -2.51. The number of halogens is 1. The molecule has 1 aliphatic heterocycles. The van der Waals surface area contributed by atoms with Gasteiger partial charge in [-0.2, -0.15) is 0 Å². The monoisotopic (exact) mass is 372 g/mol. The molecule has 0 bridgehead atoms. The Kier molecular flexibility index (Phi) is 6.28. The van der Waals surface area contributed by atoms with Gasteiger partial charge in [0.2, 0.25) is 5.91 Å². The Balaban J connectivity index is 0.00000208. The lowest BCUT2D eigenvalue weighted by atomic mass is 10.1. The van der Waals surface area contributed by atoms with Crippen LogP contribution < -0.4 is 5.32 Å². The summed E-state index contributed by atoms with van der Waals surface area (Å²) < 4.78 is 25.0. The molecular weight excluding hydrogens is 348 g/mol. The number of nitrogens with zero attached hydrogens (tertiary/aromatic N) is 1. The van der Waals surface area contributed by atoms with Gasteiger partial charge in [-0.15, -0.1) is 12.4 Å². The van der Waals surface area contributed by atoms with E-state index in [-0.39, 0.29) is 36.5 Å². The van der Waals surface area contributed by atoms with Crippen molar-refractivity contribution in [2.45, 2.75) is 43.5 Å². The number of aryl methyl sites for hydroxylation is 2. The molecule has 1 amide bonds. The minimum atomic E-state index is -3.39. The van der Waals surface area contributed by atoms with Crippen molar-refractivity contribution in [2.75, 3.05) is 25.4 Å². The number of carbonyl (C=O) groups is 1. The molecule has 0 saturated carbocycles. The van der Waals surface area contributed by atoms with Gasteiger partial charge in [0.15, 0.2) is 9.84 Å². The van der Waals surface area contributed by atoms with E-state index in [4.69, 9.17) is 0 Å². The Morgan fingerprint density at radius 1 is 1.29 bits per heavy atom. The minimum Gasteiger partial charge on any atom is -0.340 e. The molecule has 1 fully saturated rings. The fraction of sp³-hybridized carbons (Fsp3) is 0.588. The number of fused-ring (bicyclic) bond motifs is 1. The molecule has 1 aromatic carbocycles. The topological polar surface area (TPSA) is 66.5 Å². The molecule has 1 saturated heterocycles. The van der Waals surface area contributed by atoms with E-state index >= 15 is 0 Å². The number of hydrogen-bond donors (Lipinski definition) is 1. The summed E-state index contributed by atoms with van der Waals surface area (Å²) >= 11 is 0. The van der Waals surface area contributed by atoms with Crippen LogP contribution in [0, 0.1) is 0 Å². The SMILES string of the molecule is CC1CN(C(=O)CCS(=O)(=O)c2ccc3c(c2)CCC3)CCN1.Cl. The van der Waals surface area contributed by atoms with Crippen LogP contribution in [0.1, 0.15) is 30.9 Å². The first-order valence-corrected chi connectivity index (χ1v) is 9.97. The van der Waals surface area contributed by atoms with Gasteiger partial charge in [0.05, 0.1) is 10.6 Å². The number of piperazine rings is 1. The molecule has 7 heteroatoms. The van der Waals surface area contributed by atoms with Crippen LogP contribution in [0.4, 0.5) is 0 Å². The van der Waals surface area contributed by atoms with Crippen LogP contribution in [-0.4, -0.2) is 50.7 Å². The van der Waals surface area contributed by atoms with Crippen LogP contribution in [-0.2, 0) is 27.5 Å². The molecule has 5 nitrogen and oxygen atoms in total. The molecule has 24 heavy (non-hydrogen) atoms. The van der Waals surface area contributed by atoms with E-state index in [0.29, 0.717) is 18.0 Å². The zero-order chi connectivity index (χ0) is 16.4. The van der Waals surface area contributed by atoms with Crippen molar-refractivity contribution in [1.29, 1.82) is 0 Å². The van der Waals surface area contributed by atoms with Crippen molar-refractivity contribution in [2.24, 2.45) is 0 Å². The Morgan fingerprint density at radius 2 is 2.04 bits per heavy atom. The lowest BCUT2D eigenvalue weighted by molar-refractivity contribution is -0.131. The number of rotatable bonds is 4. The van der Waals surface area contributed by atoms with Gasteiger partial charge in [-0.1, -0.05) is 6.07 Å². The van der Waals surface area contributed by atoms with Gasteiger partial charge < -0.3 is 10.2 Å². The molecule has 2 aliphatic rings. The predicted molar refractivity (Wildman–Crippen MR) is 96.4 cm³/mol. The molecule has 0 aromatic heterocycles. The summed E-state index contributed by atoms with van der Waals surface area (Å²) in [5, 5.41) is 3.28. The maximum atomic E-state index is 12.5. The number of sulfone groups is 1. The van der Waals surface area contributed by atoms with Gasteiger partial charge in [-0.25, -0.2) is 8.42 Å². The molecule has 1 aliphatic carbocycles. The lowest BCUT2D eigenvalue weighted by Gasteiger charge is -2.31. The Morgan fingerprint density at radius 3 is 2.79 bits per heavy atom. The highest BCUT2D eigenvalue weighted by atomic mass is 35.5. The van der Waals surface area contributed by atoms with E-state index in [1.165, 1.54) is 5.56 Å². The fourth-order valence-electron chi connectivity index (χ4n) is 3.40. The maximum absolute atomic E-state index is 12.5. The van der Waals surface area contributed by atoms with Crippen molar-refractivity contribution >= 4 is 28.2 Å². The molecule has 1 aromatic rings. The Hall–Kier alpha value is -1.11. The molecule has 1 unspecified atom stereocenters. The van der Waals surface area contributed by atoms with E-state index in [1.54, 1.807) is 17.0 Å². The average molecular weight is 373 g/mol. The normalized spacial score (nSPS) is 20.4. The summed E-state index contributed by atoms with van der Waals surface area (Å²) in [5.41, 5.74) is 2.41. The summed E-state index contributed by atoms with van der Waals surface area (Å²) in [6.07, 6.45) is 3.15. The standard InChI is InChI=1S/C17H24N2O3S.ClH/c1-13-12-19(9-8-18-13)17(20)7-10-23(21,22)16-6-5-14-3-2-4-15(14)11-16;/h5-6,11,13,18H,2-4,7-10,12H2,1H3;1H. The highest BCUT2D eigenvalue weighted by Crippen LogP contribution is 2.25. The molecular formula is C17H25ClN2O3S. The van der Waals surface area contributed by atoms with Crippen molar-refractivity contribution in [3.05, 3.63) is 29.3 Å². The smallest absolute Gasteiger partial charge is 0.223 e. The van der Waals surface area contributed by atoms with Gasteiger partial charge in [-0.3, -0.25) is 4.79 Å². The minimum absolute atomic E-state index is 0. The number of hydrogen-bond acceptors (Lipinski definition) is 4. The highest BCUT2D eigenvalue weighted by molar-refractivity contribution is 7.91. The molecule has 3 rings (SSSR count). The molecule has 134 valence electrons.